The maximum absolute atomic E-state index is 10.1. The Bertz CT molecular complexity index is 142. The van der Waals surface area contributed by atoms with Gasteiger partial charge in [0.2, 0.25) is 0 Å². The molecule has 2 N–H and O–H groups in total. The van der Waals surface area contributed by atoms with Crippen LogP contribution in [0.3, 0.4) is 0 Å². The van der Waals surface area contributed by atoms with Crippen molar-refractivity contribution in [3.05, 3.63) is 0 Å². The predicted molar refractivity (Wildman–Crippen MR) is 48.3 cm³/mol. The van der Waals surface area contributed by atoms with Crippen LogP contribution in [0, 0.1) is 5.41 Å². The van der Waals surface area contributed by atoms with Gasteiger partial charge in [-0.2, -0.15) is 12.6 Å². The Morgan fingerprint density at radius 1 is 1.64 bits per heavy atom. The van der Waals surface area contributed by atoms with Crippen LogP contribution in [-0.2, 0) is 0 Å². The lowest BCUT2D eigenvalue weighted by Crippen LogP contribution is -2.35. The van der Waals surface area contributed by atoms with Gasteiger partial charge in [-0.25, -0.2) is 4.79 Å². The van der Waals surface area contributed by atoms with Crippen LogP contribution in [0.1, 0.15) is 20.8 Å². The van der Waals surface area contributed by atoms with Gasteiger partial charge in [-0.3, -0.25) is 0 Å². The molecule has 1 amide bonds. The topological polar surface area (TPSA) is 49.3 Å². The molecule has 3 nitrogen and oxygen atoms in total. The Kier molecular flexibility index (Phi) is 3.72. The SMILES string of the molecule is CC(C)(C)C(S)CNC(=O)O. The van der Waals surface area contributed by atoms with E-state index in [1.807, 2.05) is 20.8 Å². The quantitative estimate of drug-likeness (QED) is 0.561. The second-order valence-electron chi connectivity index (χ2n) is 3.57. The molecule has 0 aromatic rings. The normalized spacial score (nSPS) is 14.2. The van der Waals surface area contributed by atoms with Gasteiger partial charge in [0.05, 0.1) is 0 Å². The standard InChI is InChI=1S/C7H15NO2S/c1-7(2,3)5(11)4-8-6(9)10/h5,8,11H,4H2,1-3H3,(H,9,10). The van der Waals surface area contributed by atoms with E-state index in [1.54, 1.807) is 0 Å². The molecule has 11 heavy (non-hydrogen) atoms. The molecule has 0 rings (SSSR count). The van der Waals surface area contributed by atoms with Crippen LogP contribution < -0.4 is 5.32 Å². The molecule has 0 saturated heterocycles. The molecular weight excluding hydrogens is 162 g/mol. The molecule has 1 unspecified atom stereocenters. The number of amides is 1. The van der Waals surface area contributed by atoms with Crippen molar-refractivity contribution < 1.29 is 9.90 Å². The lowest BCUT2D eigenvalue weighted by Gasteiger charge is -2.25. The zero-order chi connectivity index (χ0) is 9.07. The van der Waals surface area contributed by atoms with Gasteiger partial charge in [-0.1, -0.05) is 20.8 Å². The third kappa shape index (κ3) is 4.95. The van der Waals surface area contributed by atoms with E-state index in [2.05, 4.69) is 17.9 Å². The smallest absolute Gasteiger partial charge is 0.404 e. The summed E-state index contributed by atoms with van der Waals surface area (Å²) in [5, 5.41) is 10.6. The van der Waals surface area contributed by atoms with Crippen molar-refractivity contribution in [3.63, 3.8) is 0 Å². The van der Waals surface area contributed by atoms with Crippen molar-refractivity contribution in [1.82, 2.24) is 5.32 Å². The lowest BCUT2D eigenvalue weighted by atomic mass is 9.92. The van der Waals surface area contributed by atoms with Crippen molar-refractivity contribution in [2.45, 2.75) is 26.0 Å². The summed E-state index contributed by atoms with van der Waals surface area (Å²) in [6, 6.07) is 0. The third-order valence-corrected chi connectivity index (χ3v) is 2.40. The Labute approximate surface area is 72.6 Å². The molecule has 0 heterocycles. The Morgan fingerprint density at radius 2 is 2.09 bits per heavy atom. The average Bonchev–Trinajstić information content (AvgIpc) is 1.80. The molecule has 0 bridgehead atoms. The number of hydrogen-bond acceptors (Lipinski definition) is 2. The number of nitrogens with one attached hydrogen (secondary N) is 1. The number of thiol groups is 1. The molecule has 0 fully saturated rings. The molecule has 4 heteroatoms. The number of hydrogen-bond donors (Lipinski definition) is 3. The molecule has 66 valence electrons. The highest BCUT2D eigenvalue weighted by Crippen LogP contribution is 2.22. The largest absolute Gasteiger partial charge is 0.465 e. The fraction of sp³-hybridized carbons (Fsp3) is 0.857. The van der Waals surface area contributed by atoms with Crippen LogP contribution in [0.4, 0.5) is 4.79 Å². The summed E-state index contributed by atoms with van der Waals surface area (Å²) in [6.07, 6.45) is -0.992. The van der Waals surface area contributed by atoms with Crippen molar-refractivity contribution >= 4 is 18.7 Å². The van der Waals surface area contributed by atoms with E-state index < -0.39 is 6.09 Å². The molecular formula is C7H15NO2S. The molecule has 0 aliphatic rings. The fourth-order valence-corrected chi connectivity index (χ4v) is 0.581. The average molecular weight is 177 g/mol. The van der Waals surface area contributed by atoms with Gasteiger partial charge in [0.15, 0.2) is 0 Å². The Morgan fingerprint density at radius 3 is 2.36 bits per heavy atom. The van der Waals surface area contributed by atoms with E-state index in [9.17, 15) is 4.79 Å². The van der Waals surface area contributed by atoms with Crippen LogP contribution in [-0.4, -0.2) is 23.0 Å². The van der Waals surface area contributed by atoms with E-state index in [1.165, 1.54) is 0 Å². The van der Waals surface area contributed by atoms with Gasteiger partial charge in [0.25, 0.3) is 0 Å². The molecule has 0 radical (unpaired) electrons. The minimum Gasteiger partial charge on any atom is -0.465 e. The van der Waals surface area contributed by atoms with Crippen molar-refractivity contribution in [2.24, 2.45) is 5.41 Å². The third-order valence-electron chi connectivity index (χ3n) is 1.45. The van der Waals surface area contributed by atoms with Gasteiger partial charge in [0.1, 0.15) is 0 Å². The van der Waals surface area contributed by atoms with E-state index in [4.69, 9.17) is 5.11 Å². The number of carbonyl (C=O) groups is 1. The van der Waals surface area contributed by atoms with Gasteiger partial charge < -0.3 is 10.4 Å². The Hall–Kier alpha value is -0.380. The van der Waals surface area contributed by atoms with E-state index in [0.717, 1.165) is 0 Å². The van der Waals surface area contributed by atoms with Gasteiger partial charge in [-0.15, -0.1) is 0 Å². The van der Waals surface area contributed by atoms with Crippen LogP contribution in [0.25, 0.3) is 0 Å². The first kappa shape index (κ1) is 10.6. The van der Waals surface area contributed by atoms with Crippen LogP contribution in [0.5, 0.6) is 0 Å². The van der Waals surface area contributed by atoms with Gasteiger partial charge >= 0.3 is 6.09 Å². The molecule has 0 saturated carbocycles. The monoisotopic (exact) mass is 177 g/mol. The summed E-state index contributed by atoms with van der Waals surface area (Å²) < 4.78 is 0. The van der Waals surface area contributed by atoms with Crippen LogP contribution in [0.2, 0.25) is 0 Å². The molecule has 0 spiro atoms. The number of carboxylic acid groups (broad SMARTS) is 1. The molecule has 0 aromatic carbocycles. The maximum atomic E-state index is 10.1. The van der Waals surface area contributed by atoms with Gasteiger partial charge in [-0.05, 0) is 5.41 Å². The first-order chi connectivity index (χ1) is 4.84. The summed E-state index contributed by atoms with van der Waals surface area (Å²) in [6.45, 7) is 6.46. The zero-order valence-electron chi connectivity index (χ0n) is 7.09. The molecule has 0 aromatic heterocycles. The summed E-state index contributed by atoms with van der Waals surface area (Å²) in [5.74, 6) is 0. The molecule has 1 atom stereocenters. The van der Waals surface area contributed by atoms with E-state index in [0.29, 0.717) is 6.54 Å². The second kappa shape index (κ2) is 3.85. The molecule has 0 aliphatic heterocycles. The highest BCUT2D eigenvalue weighted by atomic mass is 32.1. The summed E-state index contributed by atoms with van der Waals surface area (Å²) in [7, 11) is 0. The van der Waals surface area contributed by atoms with Crippen molar-refractivity contribution in [3.8, 4) is 0 Å². The highest BCUT2D eigenvalue weighted by molar-refractivity contribution is 7.81. The van der Waals surface area contributed by atoms with Crippen LogP contribution in [0.15, 0.2) is 0 Å². The minimum absolute atomic E-state index is 0.0333. The van der Waals surface area contributed by atoms with Crippen LogP contribution >= 0.6 is 12.6 Å². The molecule has 0 aliphatic carbocycles. The lowest BCUT2D eigenvalue weighted by molar-refractivity contribution is 0.193. The van der Waals surface area contributed by atoms with E-state index >= 15 is 0 Å². The van der Waals surface area contributed by atoms with Gasteiger partial charge in [0, 0.05) is 11.8 Å². The highest BCUT2D eigenvalue weighted by Gasteiger charge is 2.20. The minimum atomic E-state index is -0.992. The first-order valence-corrected chi connectivity index (χ1v) is 4.00. The second-order valence-corrected chi connectivity index (χ2v) is 4.19. The fourth-order valence-electron chi connectivity index (χ4n) is 0.490. The summed E-state index contributed by atoms with van der Waals surface area (Å²) >= 11 is 4.26. The Balaban J connectivity index is 3.70. The number of rotatable bonds is 2. The van der Waals surface area contributed by atoms with Crippen molar-refractivity contribution in [1.29, 1.82) is 0 Å². The maximum Gasteiger partial charge on any atom is 0.404 e. The summed E-state index contributed by atoms with van der Waals surface area (Å²) in [5.41, 5.74) is 0.0333. The van der Waals surface area contributed by atoms with E-state index in [-0.39, 0.29) is 10.7 Å². The summed E-state index contributed by atoms with van der Waals surface area (Å²) in [4.78, 5) is 10.1. The predicted octanol–water partition coefficient (Wildman–Crippen LogP) is 1.60. The zero-order valence-corrected chi connectivity index (χ0v) is 7.98. The first-order valence-electron chi connectivity index (χ1n) is 3.49. The van der Waals surface area contributed by atoms with Crippen molar-refractivity contribution in [2.75, 3.05) is 6.54 Å².